The van der Waals surface area contributed by atoms with Crippen LogP contribution >= 0.6 is 0 Å². The number of nitrogens with zero attached hydrogens (tertiary/aromatic N) is 1. The fourth-order valence-electron chi connectivity index (χ4n) is 3.76. The molecule has 0 aliphatic rings. The predicted molar refractivity (Wildman–Crippen MR) is 121 cm³/mol. The summed E-state index contributed by atoms with van der Waals surface area (Å²) in [5.41, 5.74) is 3.07. The van der Waals surface area contributed by atoms with Crippen molar-refractivity contribution in [2.45, 2.75) is 39.7 Å². The summed E-state index contributed by atoms with van der Waals surface area (Å²) >= 11 is 0. The Balaban J connectivity index is 1.71. The highest BCUT2D eigenvalue weighted by atomic mass is 16.6. The normalized spacial score (nSPS) is 12.4. The van der Waals surface area contributed by atoms with Gasteiger partial charge in [0.2, 0.25) is 6.04 Å². The van der Waals surface area contributed by atoms with E-state index in [1.54, 1.807) is 32.2 Å². The van der Waals surface area contributed by atoms with Crippen LogP contribution < -0.4 is 4.74 Å². The number of ketones is 1. The van der Waals surface area contributed by atoms with E-state index in [9.17, 15) is 14.9 Å². The van der Waals surface area contributed by atoms with Crippen LogP contribution in [0.25, 0.3) is 11.1 Å². The molecule has 0 amide bonds. The summed E-state index contributed by atoms with van der Waals surface area (Å²) in [7, 11) is 0. The number of para-hydroxylation sites is 1. The zero-order chi connectivity index (χ0) is 22.4. The van der Waals surface area contributed by atoms with Crippen molar-refractivity contribution >= 4 is 5.78 Å². The maximum absolute atomic E-state index is 12.5. The van der Waals surface area contributed by atoms with E-state index in [1.807, 2.05) is 55.5 Å². The zero-order valence-corrected chi connectivity index (χ0v) is 18.1. The van der Waals surface area contributed by atoms with Crippen molar-refractivity contribution in [3.63, 3.8) is 0 Å². The summed E-state index contributed by atoms with van der Waals surface area (Å²) in [6.45, 7) is 5.46. The second-order valence-electron chi connectivity index (χ2n) is 8.55. The Labute approximate surface area is 182 Å². The topological polar surface area (TPSA) is 85.2 Å². The molecule has 0 radical (unpaired) electrons. The molecule has 0 saturated carbocycles. The molecule has 3 rings (SSSR count). The fraction of sp³-hybridized carbons (Fsp3) is 0.320. The highest BCUT2D eigenvalue weighted by molar-refractivity contribution is 5.80. The number of aromatic amines is 1. The van der Waals surface area contributed by atoms with E-state index < -0.39 is 11.5 Å². The molecule has 1 unspecified atom stereocenters. The molecule has 3 aromatic rings. The first kappa shape index (κ1) is 22.3. The number of hydrogen-bond donors (Lipinski definition) is 1. The van der Waals surface area contributed by atoms with Crippen molar-refractivity contribution < 1.29 is 14.5 Å². The molecule has 162 valence electrons. The van der Waals surface area contributed by atoms with Crippen LogP contribution in [0.4, 0.5) is 0 Å². The summed E-state index contributed by atoms with van der Waals surface area (Å²) in [5.74, 6) is 0.444. The lowest BCUT2D eigenvalue weighted by Crippen LogP contribution is -2.40. The zero-order valence-electron chi connectivity index (χ0n) is 18.1. The lowest BCUT2D eigenvalue weighted by Gasteiger charge is -2.27. The number of aryl methyl sites for hydroxylation is 1. The number of rotatable bonds is 10. The van der Waals surface area contributed by atoms with E-state index in [2.05, 4.69) is 4.98 Å². The van der Waals surface area contributed by atoms with Crippen LogP contribution in [-0.2, 0) is 11.2 Å². The molecular weight excluding hydrogens is 392 g/mol. The van der Waals surface area contributed by atoms with Gasteiger partial charge in [-0.05, 0) is 30.7 Å². The van der Waals surface area contributed by atoms with E-state index in [4.69, 9.17) is 4.74 Å². The van der Waals surface area contributed by atoms with Crippen molar-refractivity contribution in [1.82, 2.24) is 4.98 Å². The van der Waals surface area contributed by atoms with Gasteiger partial charge in [-0.3, -0.25) is 14.9 Å². The van der Waals surface area contributed by atoms with E-state index in [0.29, 0.717) is 5.75 Å². The lowest BCUT2D eigenvalue weighted by atomic mass is 9.77. The quantitative estimate of drug-likeness (QED) is 0.359. The summed E-state index contributed by atoms with van der Waals surface area (Å²) < 4.78 is 5.52. The first-order chi connectivity index (χ1) is 14.8. The Morgan fingerprint density at radius 3 is 2.42 bits per heavy atom. The van der Waals surface area contributed by atoms with E-state index in [1.165, 1.54) is 0 Å². The molecule has 1 atom stereocenters. The molecule has 2 aromatic carbocycles. The van der Waals surface area contributed by atoms with Gasteiger partial charge in [-0.15, -0.1) is 0 Å². The Kier molecular flexibility index (Phi) is 6.90. The molecule has 1 aromatic heterocycles. The molecule has 0 fully saturated rings. The van der Waals surface area contributed by atoms with Crippen molar-refractivity contribution in [1.29, 1.82) is 0 Å². The number of H-pyrrole nitrogens is 1. The van der Waals surface area contributed by atoms with Crippen LogP contribution in [0.3, 0.4) is 0 Å². The SMILES string of the molecule is Cc1ccc(-c2cc[nH]c2CC([N+](=O)[O-])C(C)(C)CC(=O)COc2ccccc2)cc1. The fourth-order valence-corrected chi connectivity index (χ4v) is 3.76. The van der Waals surface area contributed by atoms with Crippen molar-refractivity contribution in [3.8, 4) is 16.9 Å². The van der Waals surface area contributed by atoms with Gasteiger partial charge in [0.1, 0.15) is 12.4 Å². The van der Waals surface area contributed by atoms with Crippen LogP contribution in [-0.4, -0.2) is 28.3 Å². The van der Waals surface area contributed by atoms with E-state index >= 15 is 0 Å². The Hall–Kier alpha value is -3.41. The number of Topliss-reactive ketones (excluding diaryl/α,β-unsaturated/α-hetero) is 1. The summed E-state index contributed by atoms with van der Waals surface area (Å²) in [4.78, 5) is 27.4. The highest BCUT2D eigenvalue weighted by Gasteiger charge is 2.41. The van der Waals surface area contributed by atoms with Crippen LogP contribution in [0.5, 0.6) is 5.75 Å². The average Bonchev–Trinajstić information content (AvgIpc) is 3.19. The number of benzene rings is 2. The molecule has 31 heavy (non-hydrogen) atoms. The number of carbonyl (C=O) groups excluding carboxylic acids is 1. The van der Waals surface area contributed by atoms with Gasteiger partial charge in [0.25, 0.3) is 0 Å². The number of nitro groups is 1. The average molecular weight is 421 g/mol. The van der Waals surface area contributed by atoms with E-state index in [-0.39, 0.29) is 30.2 Å². The molecule has 6 nitrogen and oxygen atoms in total. The van der Waals surface area contributed by atoms with Gasteiger partial charge in [0.05, 0.1) is 6.42 Å². The van der Waals surface area contributed by atoms with E-state index in [0.717, 1.165) is 22.4 Å². The van der Waals surface area contributed by atoms with Gasteiger partial charge in [-0.25, -0.2) is 0 Å². The lowest BCUT2D eigenvalue weighted by molar-refractivity contribution is -0.540. The van der Waals surface area contributed by atoms with Crippen molar-refractivity contribution in [2.24, 2.45) is 5.41 Å². The number of carbonyl (C=O) groups is 1. The highest BCUT2D eigenvalue weighted by Crippen LogP contribution is 2.33. The number of ether oxygens (including phenoxy) is 1. The Morgan fingerprint density at radius 2 is 1.77 bits per heavy atom. The van der Waals surface area contributed by atoms with Gasteiger partial charge in [-0.1, -0.05) is 61.9 Å². The molecule has 0 aliphatic heterocycles. The van der Waals surface area contributed by atoms with Crippen LogP contribution in [0, 0.1) is 22.5 Å². The Bertz CT molecular complexity index is 1020. The van der Waals surface area contributed by atoms with Crippen molar-refractivity contribution in [3.05, 3.63) is 88.2 Å². The van der Waals surface area contributed by atoms with Gasteiger partial charge < -0.3 is 9.72 Å². The van der Waals surface area contributed by atoms with Crippen LogP contribution in [0.2, 0.25) is 0 Å². The molecule has 0 saturated heterocycles. The Morgan fingerprint density at radius 1 is 1.10 bits per heavy atom. The molecule has 1 heterocycles. The predicted octanol–water partition coefficient (Wildman–Crippen LogP) is 5.24. The number of hydrogen-bond acceptors (Lipinski definition) is 4. The summed E-state index contributed by atoms with van der Waals surface area (Å²) in [6.07, 6.45) is 2.07. The maximum atomic E-state index is 12.5. The third-order valence-electron chi connectivity index (χ3n) is 5.55. The van der Waals surface area contributed by atoms with Crippen molar-refractivity contribution in [2.75, 3.05) is 6.61 Å². The van der Waals surface area contributed by atoms with Gasteiger partial charge in [-0.2, -0.15) is 0 Å². The minimum Gasteiger partial charge on any atom is -0.486 e. The molecule has 6 heteroatoms. The molecule has 0 spiro atoms. The van der Waals surface area contributed by atoms with Gasteiger partial charge >= 0.3 is 0 Å². The third kappa shape index (κ3) is 5.81. The van der Waals surface area contributed by atoms with Crippen LogP contribution in [0.15, 0.2) is 66.9 Å². The van der Waals surface area contributed by atoms with Gasteiger partial charge in [0.15, 0.2) is 5.78 Å². The standard InChI is InChI=1S/C25H28N2O4/c1-18-9-11-19(12-10-18)22-13-14-26-23(22)15-24(27(29)30)25(2,3)16-20(28)17-31-21-7-5-4-6-8-21/h4-14,24,26H,15-17H2,1-3H3. The number of aromatic nitrogens is 1. The smallest absolute Gasteiger partial charge is 0.224 e. The van der Waals surface area contributed by atoms with Gasteiger partial charge in [0, 0.05) is 34.2 Å². The number of nitrogens with one attached hydrogen (secondary N) is 1. The first-order valence-electron chi connectivity index (χ1n) is 10.3. The minimum absolute atomic E-state index is 0.0616. The molecule has 1 N–H and O–H groups in total. The van der Waals surface area contributed by atoms with Crippen LogP contribution in [0.1, 0.15) is 31.5 Å². The molecule has 0 bridgehead atoms. The summed E-state index contributed by atoms with van der Waals surface area (Å²) in [5, 5.41) is 12.0. The monoisotopic (exact) mass is 420 g/mol. The first-order valence-corrected chi connectivity index (χ1v) is 10.3. The minimum atomic E-state index is -0.920. The second-order valence-corrected chi connectivity index (χ2v) is 8.55. The maximum Gasteiger partial charge on any atom is 0.224 e. The molecular formula is C25H28N2O4. The molecule has 0 aliphatic carbocycles. The largest absolute Gasteiger partial charge is 0.486 e. The summed E-state index contributed by atoms with van der Waals surface area (Å²) in [6, 6.07) is 18.1. The second kappa shape index (κ2) is 9.60. The third-order valence-corrected chi connectivity index (χ3v) is 5.55.